The molecule has 1 N–H and O–H groups in total. The molecule has 2 unspecified atom stereocenters. The highest BCUT2D eigenvalue weighted by atomic mass is 35.5. The fraction of sp³-hybridized carbons (Fsp3) is 1.00. The Labute approximate surface area is 62.6 Å². The Bertz CT molecular complexity index is 89.1. The molecule has 0 aromatic rings. The van der Waals surface area contributed by atoms with Crippen molar-refractivity contribution in [2.24, 2.45) is 5.92 Å². The van der Waals surface area contributed by atoms with Gasteiger partial charge in [0.25, 0.3) is 0 Å². The molecule has 0 radical (unpaired) electrons. The normalized spacial score (nSPS) is 47.0. The maximum Gasteiger partial charge on any atom is 0.00870 e. The summed E-state index contributed by atoms with van der Waals surface area (Å²) in [7, 11) is 0. The molecule has 3 rings (SSSR count). The van der Waals surface area contributed by atoms with E-state index in [2.05, 4.69) is 12.2 Å². The van der Waals surface area contributed by atoms with Crippen LogP contribution in [0.3, 0.4) is 0 Å². The lowest BCUT2D eigenvalue weighted by molar-refractivity contribution is 0.137. The molecule has 1 aliphatic carbocycles. The number of nitrogens with one attached hydrogen (secondary N) is 1. The first-order chi connectivity index (χ1) is 3.84. The molecular weight excluding hydrogens is 134 g/mol. The molecule has 2 bridgehead atoms. The predicted octanol–water partition coefficient (Wildman–Crippen LogP) is 1.57. The molecule has 9 heavy (non-hydrogen) atoms. The molecule has 0 aromatic carbocycles. The summed E-state index contributed by atoms with van der Waals surface area (Å²) in [6, 6.07) is 1.81. The zero-order valence-electron chi connectivity index (χ0n) is 5.76. The van der Waals surface area contributed by atoms with E-state index in [0.29, 0.717) is 0 Å². The second kappa shape index (κ2) is 2.47. The van der Waals surface area contributed by atoms with Gasteiger partial charge in [-0.15, -0.1) is 12.4 Å². The molecule has 54 valence electrons. The minimum atomic E-state index is 0. The van der Waals surface area contributed by atoms with Crippen molar-refractivity contribution in [2.45, 2.75) is 38.3 Å². The van der Waals surface area contributed by atoms with Crippen molar-refractivity contribution in [3.63, 3.8) is 0 Å². The highest BCUT2D eigenvalue weighted by Crippen LogP contribution is 2.31. The van der Waals surface area contributed by atoms with Crippen molar-refractivity contribution >= 4 is 12.4 Å². The Hall–Kier alpha value is 0.250. The molecule has 2 heterocycles. The van der Waals surface area contributed by atoms with E-state index in [1.54, 1.807) is 0 Å². The summed E-state index contributed by atoms with van der Waals surface area (Å²) in [5.74, 6) is 1.000. The topological polar surface area (TPSA) is 12.0 Å². The fourth-order valence-electron chi connectivity index (χ4n) is 2.05. The summed E-state index contributed by atoms with van der Waals surface area (Å²) < 4.78 is 0. The third-order valence-corrected chi connectivity index (χ3v) is 2.41. The third-order valence-electron chi connectivity index (χ3n) is 2.41. The lowest BCUT2D eigenvalue weighted by Crippen LogP contribution is -2.57. The lowest BCUT2D eigenvalue weighted by Gasteiger charge is -2.45. The van der Waals surface area contributed by atoms with Gasteiger partial charge in [0.2, 0.25) is 0 Å². The van der Waals surface area contributed by atoms with Crippen LogP contribution in [0.2, 0.25) is 0 Å². The van der Waals surface area contributed by atoms with Crippen molar-refractivity contribution < 1.29 is 0 Å². The SMILES string of the molecule is CC1CC2CC(C1)N2.Cl. The van der Waals surface area contributed by atoms with Crippen molar-refractivity contribution in [2.75, 3.05) is 0 Å². The molecule has 2 heteroatoms. The van der Waals surface area contributed by atoms with Crippen LogP contribution in [0.25, 0.3) is 0 Å². The molecule has 1 nitrogen and oxygen atoms in total. The zero-order valence-corrected chi connectivity index (χ0v) is 6.58. The average Bonchev–Trinajstić information content (AvgIpc) is 1.62. The van der Waals surface area contributed by atoms with Gasteiger partial charge >= 0.3 is 0 Å². The van der Waals surface area contributed by atoms with Crippen LogP contribution in [0.1, 0.15) is 26.2 Å². The van der Waals surface area contributed by atoms with Gasteiger partial charge in [-0.3, -0.25) is 0 Å². The smallest absolute Gasteiger partial charge is 0.00870 e. The number of hydrogen-bond acceptors (Lipinski definition) is 1. The Kier molecular flexibility index (Phi) is 2.02. The average molecular weight is 148 g/mol. The molecule has 0 aromatic heterocycles. The highest BCUT2D eigenvalue weighted by molar-refractivity contribution is 5.85. The van der Waals surface area contributed by atoms with Crippen molar-refractivity contribution in [1.29, 1.82) is 0 Å². The van der Waals surface area contributed by atoms with Gasteiger partial charge in [0.15, 0.2) is 0 Å². The largest absolute Gasteiger partial charge is 0.311 e. The standard InChI is InChI=1S/C7H13N.ClH/c1-5-2-6-4-7(3-5)8-6;/h5-8H,2-4H2,1H3;1H. The van der Waals surface area contributed by atoms with Gasteiger partial charge in [0.05, 0.1) is 0 Å². The van der Waals surface area contributed by atoms with E-state index in [4.69, 9.17) is 0 Å². The molecule has 1 saturated carbocycles. The van der Waals surface area contributed by atoms with Crippen LogP contribution in [-0.4, -0.2) is 12.1 Å². The van der Waals surface area contributed by atoms with Crippen LogP contribution in [0.5, 0.6) is 0 Å². The Morgan fingerprint density at radius 1 is 1.11 bits per heavy atom. The molecule has 0 spiro atoms. The summed E-state index contributed by atoms with van der Waals surface area (Å²) in [6.45, 7) is 2.36. The Morgan fingerprint density at radius 3 is 1.78 bits per heavy atom. The number of hydrogen-bond donors (Lipinski definition) is 1. The van der Waals surface area contributed by atoms with Crippen LogP contribution in [0.15, 0.2) is 0 Å². The van der Waals surface area contributed by atoms with E-state index in [0.717, 1.165) is 18.0 Å². The maximum atomic E-state index is 3.51. The molecule has 0 amide bonds. The van der Waals surface area contributed by atoms with Gasteiger partial charge in [-0.2, -0.15) is 0 Å². The van der Waals surface area contributed by atoms with Crippen LogP contribution >= 0.6 is 12.4 Å². The number of halogens is 1. The lowest BCUT2D eigenvalue weighted by atomic mass is 9.77. The van der Waals surface area contributed by atoms with Gasteiger partial charge in [-0.25, -0.2) is 0 Å². The second-order valence-electron chi connectivity index (χ2n) is 3.37. The summed E-state index contributed by atoms with van der Waals surface area (Å²) in [4.78, 5) is 0. The molecule has 2 atom stereocenters. The zero-order chi connectivity index (χ0) is 5.56. The van der Waals surface area contributed by atoms with Gasteiger partial charge in [0.1, 0.15) is 0 Å². The Balaban J connectivity index is 0.000000405. The van der Waals surface area contributed by atoms with Gasteiger partial charge in [-0.05, 0) is 25.2 Å². The predicted molar refractivity (Wildman–Crippen MR) is 41.0 cm³/mol. The summed E-state index contributed by atoms with van der Waals surface area (Å²) >= 11 is 0. The van der Waals surface area contributed by atoms with E-state index in [-0.39, 0.29) is 12.4 Å². The minimum Gasteiger partial charge on any atom is -0.311 e. The first-order valence-corrected chi connectivity index (χ1v) is 3.60. The van der Waals surface area contributed by atoms with E-state index < -0.39 is 0 Å². The molecule has 2 saturated heterocycles. The molecule has 3 aliphatic rings. The summed E-state index contributed by atoms with van der Waals surface area (Å²) in [6.07, 6.45) is 4.32. The van der Waals surface area contributed by atoms with Crippen molar-refractivity contribution in [3.8, 4) is 0 Å². The first kappa shape index (κ1) is 7.36. The second-order valence-corrected chi connectivity index (χ2v) is 3.37. The monoisotopic (exact) mass is 147 g/mol. The minimum absolute atomic E-state index is 0. The number of piperidine rings is 1. The van der Waals surface area contributed by atoms with E-state index in [1.807, 2.05) is 0 Å². The molecular formula is C7H14ClN. The number of rotatable bonds is 0. The molecule has 3 fully saturated rings. The van der Waals surface area contributed by atoms with E-state index in [1.165, 1.54) is 19.3 Å². The van der Waals surface area contributed by atoms with Gasteiger partial charge in [-0.1, -0.05) is 6.92 Å². The van der Waals surface area contributed by atoms with Crippen molar-refractivity contribution in [1.82, 2.24) is 5.32 Å². The summed E-state index contributed by atoms with van der Waals surface area (Å²) in [5.41, 5.74) is 0. The van der Waals surface area contributed by atoms with Crippen LogP contribution in [-0.2, 0) is 0 Å². The van der Waals surface area contributed by atoms with Crippen LogP contribution in [0, 0.1) is 5.92 Å². The van der Waals surface area contributed by atoms with Crippen LogP contribution in [0.4, 0.5) is 0 Å². The quantitative estimate of drug-likeness (QED) is 0.549. The first-order valence-electron chi connectivity index (χ1n) is 3.60. The summed E-state index contributed by atoms with van der Waals surface area (Å²) in [5, 5.41) is 3.51. The van der Waals surface area contributed by atoms with Crippen molar-refractivity contribution in [3.05, 3.63) is 0 Å². The van der Waals surface area contributed by atoms with Crippen LogP contribution < -0.4 is 5.32 Å². The maximum absolute atomic E-state index is 3.51. The fourth-order valence-corrected chi connectivity index (χ4v) is 2.05. The van der Waals surface area contributed by atoms with Gasteiger partial charge < -0.3 is 5.32 Å². The van der Waals surface area contributed by atoms with Gasteiger partial charge in [0, 0.05) is 12.1 Å². The third kappa shape index (κ3) is 1.22. The molecule has 2 aliphatic heterocycles. The highest BCUT2D eigenvalue weighted by Gasteiger charge is 2.35. The number of fused-ring (bicyclic) bond motifs is 2. The Morgan fingerprint density at radius 2 is 1.56 bits per heavy atom. The van der Waals surface area contributed by atoms with E-state index in [9.17, 15) is 0 Å². The van der Waals surface area contributed by atoms with E-state index >= 15 is 0 Å².